The summed E-state index contributed by atoms with van der Waals surface area (Å²) >= 11 is 0. The minimum absolute atomic E-state index is 0.117. The highest BCUT2D eigenvalue weighted by Crippen LogP contribution is 2.31. The Bertz CT molecular complexity index is 1150. The Labute approximate surface area is 207 Å². The standard InChI is InChI=1S/C22H24F6N6O3/c23-21(24,25)14-9-30-20(31-10-14)33-6-4-32(5-7-33)18(35)13-37-12-15-2-1-3-34(15)16-8-17(22(26,27)28)19(36)29-11-16/h8-11,15H,1-7,12-13H2,(H,29,36). The molecule has 2 saturated heterocycles. The highest BCUT2D eigenvalue weighted by molar-refractivity contribution is 5.77. The molecule has 0 radical (unpaired) electrons. The number of hydrogen-bond acceptors (Lipinski definition) is 7. The maximum Gasteiger partial charge on any atom is 0.421 e. The molecule has 4 heterocycles. The second-order valence-electron chi connectivity index (χ2n) is 8.74. The second-order valence-corrected chi connectivity index (χ2v) is 8.74. The van der Waals surface area contributed by atoms with E-state index in [0.717, 1.165) is 24.9 Å². The molecule has 202 valence electrons. The van der Waals surface area contributed by atoms with Crippen LogP contribution in [0.2, 0.25) is 0 Å². The molecular formula is C22H24F6N6O3. The molecule has 0 bridgehead atoms. The summed E-state index contributed by atoms with van der Waals surface area (Å²) in [5.41, 5.74) is -3.19. The van der Waals surface area contributed by atoms with Crippen molar-refractivity contribution in [1.82, 2.24) is 19.9 Å². The summed E-state index contributed by atoms with van der Waals surface area (Å²) in [5, 5.41) is 0. The van der Waals surface area contributed by atoms with Crippen LogP contribution in [0.15, 0.2) is 29.5 Å². The number of aromatic nitrogens is 3. The number of pyridine rings is 1. The summed E-state index contributed by atoms with van der Waals surface area (Å²) in [4.78, 5) is 38.7. The molecule has 1 amide bonds. The lowest BCUT2D eigenvalue weighted by atomic mass is 10.2. The van der Waals surface area contributed by atoms with Crippen LogP contribution in [-0.2, 0) is 21.9 Å². The third kappa shape index (κ3) is 6.32. The lowest BCUT2D eigenvalue weighted by Gasteiger charge is -2.34. The molecule has 1 unspecified atom stereocenters. The van der Waals surface area contributed by atoms with Gasteiger partial charge >= 0.3 is 12.4 Å². The van der Waals surface area contributed by atoms with Crippen molar-refractivity contribution < 1.29 is 35.9 Å². The smallest absolute Gasteiger partial charge is 0.369 e. The minimum Gasteiger partial charge on any atom is -0.369 e. The Morgan fingerprint density at radius 2 is 1.70 bits per heavy atom. The number of aromatic amines is 1. The van der Waals surface area contributed by atoms with Gasteiger partial charge in [0.25, 0.3) is 5.56 Å². The number of amides is 1. The lowest BCUT2D eigenvalue weighted by Crippen LogP contribution is -2.50. The van der Waals surface area contributed by atoms with E-state index in [1.54, 1.807) is 14.7 Å². The van der Waals surface area contributed by atoms with E-state index in [1.165, 1.54) is 6.20 Å². The zero-order chi connectivity index (χ0) is 26.8. The Balaban J connectivity index is 1.26. The number of carbonyl (C=O) groups excluding carboxylic acids is 1. The topological polar surface area (TPSA) is 94.7 Å². The van der Waals surface area contributed by atoms with Crippen LogP contribution in [0.3, 0.4) is 0 Å². The SMILES string of the molecule is O=C(COCC1CCCN1c1c[nH]c(=O)c(C(F)(F)F)c1)N1CCN(c2ncc(C(F)(F)F)cn2)CC1. The predicted octanol–water partition coefficient (Wildman–Crippen LogP) is 2.54. The van der Waals surface area contributed by atoms with Gasteiger partial charge in [-0.3, -0.25) is 9.59 Å². The fourth-order valence-corrected chi connectivity index (χ4v) is 4.36. The highest BCUT2D eigenvalue weighted by atomic mass is 19.4. The normalized spacial score (nSPS) is 19.0. The molecule has 2 aliphatic rings. The molecule has 0 aromatic carbocycles. The van der Waals surface area contributed by atoms with Crippen LogP contribution < -0.4 is 15.4 Å². The molecule has 0 spiro atoms. The molecule has 1 atom stereocenters. The summed E-state index contributed by atoms with van der Waals surface area (Å²) in [6.45, 7) is 1.66. The predicted molar refractivity (Wildman–Crippen MR) is 119 cm³/mol. The molecule has 0 saturated carbocycles. The number of carbonyl (C=O) groups is 1. The Morgan fingerprint density at radius 1 is 1.03 bits per heavy atom. The first kappa shape index (κ1) is 26.7. The van der Waals surface area contributed by atoms with E-state index in [1.807, 2.05) is 0 Å². The maximum absolute atomic E-state index is 13.1. The zero-order valence-corrected chi connectivity index (χ0v) is 19.5. The van der Waals surface area contributed by atoms with Crippen molar-refractivity contribution in [3.8, 4) is 0 Å². The van der Waals surface area contributed by atoms with E-state index in [4.69, 9.17) is 4.74 Å². The number of alkyl halides is 6. The first-order valence-corrected chi connectivity index (χ1v) is 11.5. The number of halogens is 6. The molecule has 0 aliphatic carbocycles. The average molecular weight is 534 g/mol. The molecular weight excluding hydrogens is 510 g/mol. The van der Waals surface area contributed by atoms with Gasteiger partial charge in [-0.25, -0.2) is 9.97 Å². The van der Waals surface area contributed by atoms with Gasteiger partial charge in [-0.05, 0) is 18.9 Å². The maximum atomic E-state index is 13.1. The zero-order valence-electron chi connectivity index (χ0n) is 19.5. The average Bonchev–Trinajstić information content (AvgIpc) is 3.32. The number of nitrogens with zero attached hydrogens (tertiary/aromatic N) is 5. The fourth-order valence-electron chi connectivity index (χ4n) is 4.36. The van der Waals surface area contributed by atoms with E-state index in [0.29, 0.717) is 39.1 Å². The lowest BCUT2D eigenvalue weighted by molar-refractivity contribution is -0.139. The van der Waals surface area contributed by atoms with Crippen molar-refractivity contribution in [3.05, 3.63) is 46.1 Å². The van der Waals surface area contributed by atoms with Gasteiger partial charge in [0.2, 0.25) is 11.9 Å². The van der Waals surface area contributed by atoms with Gasteiger partial charge in [0, 0.05) is 51.3 Å². The fraction of sp³-hybridized carbons (Fsp3) is 0.545. The van der Waals surface area contributed by atoms with E-state index in [-0.39, 0.29) is 36.8 Å². The number of hydrogen-bond donors (Lipinski definition) is 1. The van der Waals surface area contributed by atoms with Gasteiger partial charge in [0.15, 0.2) is 0 Å². The van der Waals surface area contributed by atoms with Crippen LogP contribution in [0.5, 0.6) is 0 Å². The summed E-state index contributed by atoms with van der Waals surface area (Å²) in [6.07, 6.45) is -5.25. The molecule has 4 rings (SSSR count). The van der Waals surface area contributed by atoms with Crippen LogP contribution >= 0.6 is 0 Å². The third-order valence-corrected chi connectivity index (χ3v) is 6.32. The van der Waals surface area contributed by atoms with E-state index < -0.39 is 29.0 Å². The first-order valence-electron chi connectivity index (χ1n) is 11.5. The van der Waals surface area contributed by atoms with Gasteiger partial charge in [0.05, 0.1) is 23.9 Å². The second kappa shape index (κ2) is 10.6. The first-order chi connectivity index (χ1) is 17.4. The minimum atomic E-state index is -4.77. The molecule has 2 aromatic heterocycles. The van der Waals surface area contributed by atoms with Crippen LogP contribution in [-0.4, -0.2) is 77.7 Å². The van der Waals surface area contributed by atoms with Crippen molar-refractivity contribution in [1.29, 1.82) is 0 Å². The summed E-state index contributed by atoms with van der Waals surface area (Å²) < 4.78 is 82.9. The van der Waals surface area contributed by atoms with Gasteiger partial charge in [-0.15, -0.1) is 0 Å². The molecule has 1 N–H and O–H groups in total. The Kier molecular flexibility index (Phi) is 7.62. The van der Waals surface area contributed by atoms with Gasteiger partial charge < -0.3 is 24.4 Å². The molecule has 37 heavy (non-hydrogen) atoms. The van der Waals surface area contributed by atoms with Gasteiger partial charge in [-0.2, -0.15) is 26.3 Å². The molecule has 9 nitrogen and oxygen atoms in total. The Morgan fingerprint density at radius 3 is 2.32 bits per heavy atom. The van der Waals surface area contributed by atoms with Crippen LogP contribution in [0.25, 0.3) is 0 Å². The number of nitrogens with one attached hydrogen (secondary N) is 1. The van der Waals surface area contributed by atoms with Gasteiger partial charge in [-0.1, -0.05) is 0 Å². The Hall–Kier alpha value is -3.36. The summed E-state index contributed by atoms with van der Waals surface area (Å²) in [5.74, 6) is -0.130. The summed E-state index contributed by atoms with van der Waals surface area (Å²) in [7, 11) is 0. The quantitative estimate of drug-likeness (QED) is 0.570. The van der Waals surface area contributed by atoms with Crippen molar-refractivity contribution in [2.45, 2.75) is 31.2 Å². The number of anilines is 2. The van der Waals surface area contributed by atoms with Crippen LogP contribution in [0, 0.1) is 0 Å². The van der Waals surface area contributed by atoms with E-state index in [2.05, 4.69) is 15.0 Å². The van der Waals surface area contributed by atoms with E-state index >= 15 is 0 Å². The van der Waals surface area contributed by atoms with Crippen molar-refractivity contribution in [2.24, 2.45) is 0 Å². The molecule has 15 heteroatoms. The van der Waals surface area contributed by atoms with Crippen molar-refractivity contribution >= 4 is 17.5 Å². The molecule has 2 aromatic rings. The third-order valence-electron chi connectivity index (χ3n) is 6.32. The largest absolute Gasteiger partial charge is 0.421 e. The number of ether oxygens (including phenoxy) is 1. The monoisotopic (exact) mass is 534 g/mol. The number of piperazine rings is 1. The van der Waals surface area contributed by atoms with Crippen molar-refractivity contribution in [2.75, 3.05) is 55.7 Å². The van der Waals surface area contributed by atoms with Gasteiger partial charge in [0.1, 0.15) is 12.2 Å². The summed E-state index contributed by atoms with van der Waals surface area (Å²) in [6, 6.07) is 0.566. The number of rotatable bonds is 6. The van der Waals surface area contributed by atoms with Crippen LogP contribution in [0.1, 0.15) is 24.0 Å². The number of H-pyrrole nitrogens is 1. The van der Waals surface area contributed by atoms with E-state index in [9.17, 15) is 35.9 Å². The van der Waals surface area contributed by atoms with Crippen LogP contribution in [0.4, 0.5) is 38.0 Å². The molecule has 2 aliphatic heterocycles. The molecule has 2 fully saturated rings. The highest BCUT2D eigenvalue weighted by Gasteiger charge is 2.36. The van der Waals surface area contributed by atoms with Crippen molar-refractivity contribution in [3.63, 3.8) is 0 Å².